The van der Waals surface area contributed by atoms with Gasteiger partial charge in [0, 0.05) is 24.9 Å². The Bertz CT molecular complexity index is 347. The van der Waals surface area contributed by atoms with Crippen LogP contribution in [0, 0.1) is 5.92 Å². The molecule has 0 aromatic rings. The van der Waals surface area contributed by atoms with Gasteiger partial charge in [0.05, 0.1) is 6.10 Å². The smallest absolute Gasteiger partial charge is 0.326 e. The van der Waals surface area contributed by atoms with E-state index < -0.39 is 18.1 Å². The first-order valence-corrected chi connectivity index (χ1v) is 6.46. The van der Waals surface area contributed by atoms with E-state index in [1.165, 1.54) is 4.90 Å². The number of carbonyl (C=O) groups is 2. The number of carboxylic acid groups (broad SMARTS) is 1. The SMILES string of the molecule is NC1CCCC(C(=O)N2C[C@H](O)C[C@H]2C(=O)O)C1. The second-order valence-corrected chi connectivity index (χ2v) is 5.36. The summed E-state index contributed by atoms with van der Waals surface area (Å²) in [5.41, 5.74) is 5.85. The summed E-state index contributed by atoms with van der Waals surface area (Å²) in [6.07, 6.45) is 2.62. The molecule has 4 N–H and O–H groups in total. The molecule has 0 spiro atoms. The predicted molar refractivity (Wildman–Crippen MR) is 63.7 cm³/mol. The Morgan fingerprint density at radius 2 is 1.94 bits per heavy atom. The number of aliphatic carboxylic acids is 1. The lowest BCUT2D eigenvalue weighted by Gasteiger charge is -2.31. The minimum absolute atomic E-state index is 0.0310. The Kier molecular flexibility index (Phi) is 3.87. The zero-order valence-corrected chi connectivity index (χ0v) is 10.3. The third-order valence-electron chi connectivity index (χ3n) is 3.91. The van der Waals surface area contributed by atoms with Crippen molar-refractivity contribution in [1.82, 2.24) is 4.90 Å². The summed E-state index contributed by atoms with van der Waals surface area (Å²) in [6.45, 7) is 0.127. The minimum atomic E-state index is -1.04. The summed E-state index contributed by atoms with van der Waals surface area (Å²) in [6, 6.07) is -0.853. The molecular weight excluding hydrogens is 236 g/mol. The minimum Gasteiger partial charge on any atom is -0.480 e. The number of hydrogen-bond acceptors (Lipinski definition) is 4. The molecule has 2 fully saturated rings. The summed E-state index contributed by atoms with van der Waals surface area (Å²) < 4.78 is 0. The lowest BCUT2D eigenvalue weighted by molar-refractivity contribution is -0.150. The quantitative estimate of drug-likeness (QED) is 0.621. The molecule has 0 aromatic heterocycles. The molecule has 102 valence electrons. The fraction of sp³-hybridized carbons (Fsp3) is 0.833. The van der Waals surface area contributed by atoms with Crippen molar-refractivity contribution in [2.45, 2.75) is 50.3 Å². The number of amides is 1. The average molecular weight is 256 g/mol. The maximum absolute atomic E-state index is 12.3. The van der Waals surface area contributed by atoms with Crippen molar-refractivity contribution in [2.75, 3.05) is 6.54 Å². The number of likely N-dealkylation sites (tertiary alicyclic amines) is 1. The van der Waals surface area contributed by atoms with Crippen molar-refractivity contribution in [3.05, 3.63) is 0 Å². The fourth-order valence-corrected chi connectivity index (χ4v) is 2.98. The molecule has 6 nitrogen and oxygen atoms in total. The average Bonchev–Trinajstić information content (AvgIpc) is 2.70. The fourth-order valence-electron chi connectivity index (χ4n) is 2.98. The normalized spacial score (nSPS) is 36.7. The summed E-state index contributed by atoms with van der Waals surface area (Å²) >= 11 is 0. The molecule has 1 amide bonds. The highest BCUT2D eigenvalue weighted by molar-refractivity contribution is 5.86. The van der Waals surface area contributed by atoms with Gasteiger partial charge < -0.3 is 20.8 Å². The first-order valence-electron chi connectivity index (χ1n) is 6.46. The number of nitrogens with two attached hydrogens (primary N) is 1. The number of aliphatic hydroxyl groups excluding tert-OH is 1. The third kappa shape index (κ3) is 2.64. The maximum atomic E-state index is 12.3. The molecule has 1 saturated heterocycles. The number of rotatable bonds is 2. The molecule has 6 heteroatoms. The molecule has 1 aliphatic heterocycles. The van der Waals surface area contributed by atoms with Crippen molar-refractivity contribution in [2.24, 2.45) is 11.7 Å². The number of carboxylic acids is 1. The number of aliphatic hydroxyl groups is 1. The Morgan fingerprint density at radius 3 is 2.56 bits per heavy atom. The Hall–Kier alpha value is -1.14. The summed E-state index contributed by atoms with van der Waals surface area (Å²) in [7, 11) is 0. The topological polar surface area (TPSA) is 104 Å². The van der Waals surface area contributed by atoms with E-state index in [0.717, 1.165) is 19.3 Å². The van der Waals surface area contributed by atoms with Gasteiger partial charge in [0.15, 0.2) is 0 Å². The molecule has 1 saturated carbocycles. The molecular formula is C12H20N2O4. The van der Waals surface area contributed by atoms with Crippen LogP contribution in [-0.4, -0.2) is 51.7 Å². The van der Waals surface area contributed by atoms with Crippen molar-refractivity contribution >= 4 is 11.9 Å². The second-order valence-electron chi connectivity index (χ2n) is 5.36. The van der Waals surface area contributed by atoms with Crippen LogP contribution in [0.1, 0.15) is 32.1 Å². The van der Waals surface area contributed by atoms with Gasteiger partial charge in [0.25, 0.3) is 0 Å². The van der Waals surface area contributed by atoms with E-state index in [2.05, 4.69) is 0 Å². The molecule has 2 aliphatic rings. The van der Waals surface area contributed by atoms with Crippen molar-refractivity contribution in [3.8, 4) is 0 Å². The highest BCUT2D eigenvalue weighted by atomic mass is 16.4. The van der Waals surface area contributed by atoms with E-state index in [1.807, 2.05) is 0 Å². The summed E-state index contributed by atoms with van der Waals surface area (Å²) in [4.78, 5) is 24.7. The number of nitrogens with zero attached hydrogens (tertiary/aromatic N) is 1. The molecule has 18 heavy (non-hydrogen) atoms. The van der Waals surface area contributed by atoms with Crippen LogP contribution >= 0.6 is 0 Å². The van der Waals surface area contributed by atoms with Crippen LogP contribution in [0.3, 0.4) is 0 Å². The van der Waals surface area contributed by atoms with Gasteiger partial charge in [-0.25, -0.2) is 4.79 Å². The van der Waals surface area contributed by atoms with Crippen LogP contribution < -0.4 is 5.73 Å². The Labute approximate surface area is 106 Å². The van der Waals surface area contributed by atoms with Crippen molar-refractivity contribution < 1.29 is 19.8 Å². The van der Waals surface area contributed by atoms with E-state index in [9.17, 15) is 14.7 Å². The van der Waals surface area contributed by atoms with Crippen LogP contribution in [-0.2, 0) is 9.59 Å². The maximum Gasteiger partial charge on any atom is 0.326 e. The van der Waals surface area contributed by atoms with Crippen molar-refractivity contribution in [1.29, 1.82) is 0 Å². The van der Waals surface area contributed by atoms with Crippen LogP contribution in [0.5, 0.6) is 0 Å². The zero-order chi connectivity index (χ0) is 13.3. The number of β-amino-alcohol motifs (C(OH)–C–C–N with tert-alkyl or cyclic N) is 1. The standard InChI is InChI=1S/C12H20N2O4/c13-8-3-1-2-7(4-8)11(16)14-6-9(15)5-10(14)12(17)18/h7-10,15H,1-6,13H2,(H,17,18)/t7?,8?,9-,10+/m1/s1. The Morgan fingerprint density at radius 1 is 1.22 bits per heavy atom. The summed E-state index contributed by atoms with van der Waals surface area (Å²) in [5, 5.41) is 18.6. The van der Waals surface area contributed by atoms with E-state index in [-0.39, 0.29) is 30.8 Å². The molecule has 0 aromatic carbocycles. The van der Waals surface area contributed by atoms with Gasteiger partial charge in [-0.3, -0.25) is 4.79 Å². The highest BCUT2D eigenvalue weighted by Crippen LogP contribution is 2.28. The highest BCUT2D eigenvalue weighted by Gasteiger charge is 2.41. The molecule has 0 bridgehead atoms. The van der Waals surface area contributed by atoms with Gasteiger partial charge in [-0.15, -0.1) is 0 Å². The first kappa shape index (κ1) is 13.3. The van der Waals surface area contributed by atoms with E-state index in [4.69, 9.17) is 10.8 Å². The van der Waals surface area contributed by atoms with E-state index in [0.29, 0.717) is 6.42 Å². The molecule has 1 heterocycles. The number of hydrogen-bond donors (Lipinski definition) is 3. The predicted octanol–water partition coefficient (Wildman–Crippen LogP) is -0.450. The van der Waals surface area contributed by atoms with Crippen LogP contribution in [0.4, 0.5) is 0 Å². The molecule has 1 aliphatic carbocycles. The lowest BCUT2D eigenvalue weighted by atomic mass is 9.85. The first-order chi connectivity index (χ1) is 8.49. The largest absolute Gasteiger partial charge is 0.480 e. The van der Waals surface area contributed by atoms with E-state index >= 15 is 0 Å². The number of carbonyl (C=O) groups excluding carboxylic acids is 1. The van der Waals surface area contributed by atoms with Gasteiger partial charge in [0.2, 0.25) is 5.91 Å². The summed E-state index contributed by atoms with van der Waals surface area (Å²) in [5.74, 6) is -1.38. The second kappa shape index (κ2) is 5.24. The molecule has 4 atom stereocenters. The monoisotopic (exact) mass is 256 g/mol. The van der Waals surface area contributed by atoms with Gasteiger partial charge in [0.1, 0.15) is 6.04 Å². The van der Waals surface area contributed by atoms with Gasteiger partial charge >= 0.3 is 5.97 Å². The molecule has 2 rings (SSSR count). The van der Waals surface area contributed by atoms with Crippen LogP contribution in [0.2, 0.25) is 0 Å². The molecule has 0 radical (unpaired) electrons. The van der Waals surface area contributed by atoms with Gasteiger partial charge in [-0.05, 0) is 19.3 Å². The van der Waals surface area contributed by atoms with Crippen molar-refractivity contribution in [3.63, 3.8) is 0 Å². The Balaban J connectivity index is 2.05. The molecule has 2 unspecified atom stereocenters. The lowest BCUT2D eigenvalue weighted by Crippen LogP contribution is -2.45. The van der Waals surface area contributed by atoms with E-state index in [1.54, 1.807) is 0 Å². The van der Waals surface area contributed by atoms with Gasteiger partial charge in [-0.1, -0.05) is 6.42 Å². The van der Waals surface area contributed by atoms with Gasteiger partial charge in [-0.2, -0.15) is 0 Å². The third-order valence-corrected chi connectivity index (χ3v) is 3.91. The van der Waals surface area contributed by atoms with Crippen LogP contribution in [0.15, 0.2) is 0 Å². The zero-order valence-electron chi connectivity index (χ0n) is 10.3. The van der Waals surface area contributed by atoms with Crippen LogP contribution in [0.25, 0.3) is 0 Å².